The summed E-state index contributed by atoms with van der Waals surface area (Å²) in [6.45, 7) is -0.377. The first-order chi connectivity index (χ1) is 11.9. The zero-order valence-corrected chi connectivity index (χ0v) is 13.9. The van der Waals surface area contributed by atoms with Crippen molar-refractivity contribution in [3.05, 3.63) is 64.2 Å². The smallest absolute Gasteiger partial charge is 0.340 e. The van der Waals surface area contributed by atoms with Crippen molar-refractivity contribution < 1.29 is 27.8 Å². The number of ether oxygens (including phenoxy) is 2. The number of hydrogen-bond acceptors (Lipinski definition) is 4. The molecule has 25 heavy (non-hydrogen) atoms. The SMILES string of the molecule is COc1cccc(CNC(=O)COC(=O)c2cc(F)c(F)cc2Cl)c1. The van der Waals surface area contributed by atoms with Gasteiger partial charge >= 0.3 is 5.97 Å². The van der Waals surface area contributed by atoms with E-state index in [1.54, 1.807) is 24.3 Å². The molecule has 0 aromatic heterocycles. The van der Waals surface area contributed by atoms with E-state index in [1.807, 2.05) is 0 Å². The third kappa shape index (κ3) is 5.15. The maximum absolute atomic E-state index is 13.2. The molecule has 5 nitrogen and oxygen atoms in total. The van der Waals surface area contributed by atoms with Crippen LogP contribution in [0.1, 0.15) is 15.9 Å². The van der Waals surface area contributed by atoms with Crippen LogP contribution in [0.2, 0.25) is 5.02 Å². The number of carbonyl (C=O) groups excluding carboxylic acids is 2. The summed E-state index contributed by atoms with van der Waals surface area (Å²) in [6.07, 6.45) is 0. The lowest BCUT2D eigenvalue weighted by Crippen LogP contribution is -2.28. The molecule has 2 aromatic rings. The van der Waals surface area contributed by atoms with Crippen LogP contribution < -0.4 is 10.1 Å². The Bertz CT molecular complexity index is 798. The van der Waals surface area contributed by atoms with Gasteiger partial charge in [-0.15, -0.1) is 0 Å². The number of carbonyl (C=O) groups is 2. The molecule has 1 N–H and O–H groups in total. The minimum absolute atomic E-state index is 0.208. The zero-order valence-electron chi connectivity index (χ0n) is 13.1. The first kappa shape index (κ1) is 18.7. The Kier molecular flexibility index (Phi) is 6.30. The number of benzene rings is 2. The van der Waals surface area contributed by atoms with E-state index in [4.69, 9.17) is 21.1 Å². The molecular weight excluding hydrogens is 356 g/mol. The molecule has 0 bridgehead atoms. The Balaban J connectivity index is 1.87. The molecule has 0 radical (unpaired) electrons. The van der Waals surface area contributed by atoms with E-state index in [0.717, 1.165) is 5.56 Å². The average Bonchev–Trinajstić information content (AvgIpc) is 2.61. The van der Waals surface area contributed by atoms with E-state index in [-0.39, 0.29) is 17.1 Å². The van der Waals surface area contributed by atoms with E-state index < -0.39 is 30.1 Å². The summed E-state index contributed by atoms with van der Waals surface area (Å²) in [4.78, 5) is 23.5. The topological polar surface area (TPSA) is 64.6 Å². The highest BCUT2D eigenvalue weighted by Gasteiger charge is 2.17. The van der Waals surface area contributed by atoms with Crippen LogP contribution in [0.3, 0.4) is 0 Å². The number of hydrogen-bond donors (Lipinski definition) is 1. The third-order valence-electron chi connectivity index (χ3n) is 3.19. The molecular formula is C17H14ClF2NO4. The minimum atomic E-state index is -1.24. The van der Waals surface area contributed by atoms with Gasteiger partial charge in [-0.3, -0.25) is 4.79 Å². The van der Waals surface area contributed by atoms with Crippen LogP contribution in [0.4, 0.5) is 8.78 Å². The molecule has 0 unspecified atom stereocenters. The standard InChI is InChI=1S/C17H14ClF2NO4/c1-24-11-4-2-3-10(5-11)8-21-16(22)9-25-17(23)12-6-14(19)15(20)7-13(12)18/h2-7H,8-9H2,1H3,(H,21,22). The number of esters is 1. The molecule has 0 aliphatic carbocycles. The molecule has 8 heteroatoms. The number of halogens is 3. The van der Waals surface area contributed by atoms with Crippen molar-refractivity contribution in [3.8, 4) is 5.75 Å². The highest BCUT2D eigenvalue weighted by Crippen LogP contribution is 2.20. The highest BCUT2D eigenvalue weighted by atomic mass is 35.5. The maximum atomic E-state index is 13.2. The van der Waals surface area contributed by atoms with E-state index in [0.29, 0.717) is 17.9 Å². The second kappa shape index (κ2) is 8.43. The van der Waals surface area contributed by atoms with E-state index in [2.05, 4.69) is 5.32 Å². The third-order valence-corrected chi connectivity index (χ3v) is 3.50. The summed E-state index contributed by atoms with van der Waals surface area (Å²) >= 11 is 5.66. The molecule has 0 fully saturated rings. The van der Waals surface area contributed by atoms with Gasteiger partial charge in [-0.2, -0.15) is 0 Å². The van der Waals surface area contributed by atoms with Gasteiger partial charge in [0.1, 0.15) is 5.75 Å². The molecule has 1 amide bonds. The van der Waals surface area contributed by atoms with Crippen molar-refractivity contribution in [1.29, 1.82) is 0 Å². The van der Waals surface area contributed by atoms with Gasteiger partial charge in [0.05, 0.1) is 17.7 Å². The van der Waals surface area contributed by atoms with Gasteiger partial charge in [0.2, 0.25) is 0 Å². The van der Waals surface area contributed by atoms with Gasteiger partial charge in [0, 0.05) is 6.54 Å². The van der Waals surface area contributed by atoms with Crippen LogP contribution in [-0.2, 0) is 16.1 Å². The molecule has 2 rings (SSSR count). The number of nitrogens with one attached hydrogen (secondary N) is 1. The van der Waals surface area contributed by atoms with E-state index in [9.17, 15) is 18.4 Å². The van der Waals surface area contributed by atoms with Crippen LogP contribution in [0.25, 0.3) is 0 Å². The van der Waals surface area contributed by atoms with Crippen molar-refractivity contribution in [3.63, 3.8) is 0 Å². The summed E-state index contributed by atoms with van der Waals surface area (Å²) in [5.41, 5.74) is 0.434. The van der Waals surface area contributed by atoms with E-state index in [1.165, 1.54) is 7.11 Å². The Hall–Kier alpha value is -2.67. The minimum Gasteiger partial charge on any atom is -0.497 e. The molecule has 0 atom stereocenters. The number of amides is 1. The molecule has 0 saturated heterocycles. The summed E-state index contributed by atoms with van der Waals surface area (Å²) in [6, 6.07) is 8.35. The maximum Gasteiger partial charge on any atom is 0.340 e. The van der Waals surface area contributed by atoms with Crippen LogP contribution in [0.5, 0.6) is 5.75 Å². The summed E-state index contributed by atoms with van der Waals surface area (Å²) in [5.74, 6) is -3.36. The predicted molar refractivity (Wildman–Crippen MR) is 86.5 cm³/mol. The Morgan fingerprint density at radius 3 is 2.60 bits per heavy atom. The van der Waals surface area contributed by atoms with Gasteiger partial charge in [-0.05, 0) is 29.8 Å². The van der Waals surface area contributed by atoms with E-state index >= 15 is 0 Å². The monoisotopic (exact) mass is 369 g/mol. The summed E-state index contributed by atoms with van der Waals surface area (Å²) in [5, 5.41) is 2.25. The lowest BCUT2D eigenvalue weighted by molar-refractivity contribution is -0.124. The summed E-state index contributed by atoms with van der Waals surface area (Å²) in [7, 11) is 1.53. The highest BCUT2D eigenvalue weighted by molar-refractivity contribution is 6.33. The molecule has 0 spiro atoms. The Labute approximate surface area is 147 Å². The fourth-order valence-corrected chi connectivity index (χ4v) is 2.15. The van der Waals surface area contributed by atoms with Gasteiger partial charge < -0.3 is 14.8 Å². The van der Waals surface area contributed by atoms with Crippen molar-refractivity contribution in [2.24, 2.45) is 0 Å². The summed E-state index contributed by atoms with van der Waals surface area (Å²) < 4.78 is 35.9. The predicted octanol–water partition coefficient (Wildman–Crippen LogP) is 3.10. The quantitative estimate of drug-likeness (QED) is 0.627. The fourth-order valence-electron chi connectivity index (χ4n) is 1.92. The first-order valence-corrected chi connectivity index (χ1v) is 7.50. The molecule has 0 aliphatic rings. The van der Waals surface area contributed by atoms with Crippen LogP contribution in [-0.4, -0.2) is 25.6 Å². The van der Waals surface area contributed by atoms with Gasteiger partial charge in [-0.1, -0.05) is 23.7 Å². The van der Waals surface area contributed by atoms with Crippen LogP contribution in [0, 0.1) is 11.6 Å². The zero-order chi connectivity index (χ0) is 18.4. The molecule has 2 aromatic carbocycles. The van der Waals surface area contributed by atoms with Crippen molar-refractivity contribution in [1.82, 2.24) is 5.32 Å². The largest absolute Gasteiger partial charge is 0.497 e. The van der Waals surface area contributed by atoms with Crippen molar-refractivity contribution >= 4 is 23.5 Å². The molecule has 0 heterocycles. The number of methoxy groups -OCH3 is 1. The number of rotatable bonds is 6. The molecule has 132 valence electrons. The lowest BCUT2D eigenvalue weighted by Gasteiger charge is -2.08. The van der Waals surface area contributed by atoms with Crippen molar-refractivity contribution in [2.45, 2.75) is 6.54 Å². The Morgan fingerprint density at radius 1 is 1.16 bits per heavy atom. The molecule has 0 aliphatic heterocycles. The van der Waals surface area contributed by atoms with Crippen LogP contribution in [0.15, 0.2) is 36.4 Å². The van der Waals surface area contributed by atoms with Crippen LogP contribution >= 0.6 is 11.6 Å². The van der Waals surface area contributed by atoms with Crippen molar-refractivity contribution in [2.75, 3.05) is 13.7 Å². The van der Waals surface area contributed by atoms with Gasteiger partial charge in [0.25, 0.3) is 5.91 Å². The Morgan fingerprint density at radius 2 is 1.88 bits per heavy atom. The lowest BCUT2D eigenvalue weighted by atomic mass is 10.2. The second-order valence-electron chi connectivity index (χ2n) is 4.95. The fraction of sp³-hybridized carbons (Fsp3) is 0.176. The first-order valence-electron chi connectivity index (χ1n) is 7.12. The van der Waals surface area contributed by atoms with Gasteiger partial charge in [0.15, 0.2) is 18.2 Å². The second-order valence-corrected chi connectivity index (χ2v) is 5.36. The molecule has 0 saturated carbocycles. The van der Waals surface area contributed by atoms with Gasteiger partial charge in [-0.25, -0.2) is 13.6 Å². The average molecular weight is 370 g/mol. The normalized spacial score (nSPS) is 10.2.